The summed E-state index contributed by atoms with van der Waals surface area (Å²) in [6, 6.07) is 17.8. The molecule has 1 aliphatic carbocycles. The number of aliphatic imine (C=N–C) groups is 2. The number of hydrogen-bond acceptors (Lipinski definition) is 6. The molecule has 0 aromatic heterocycles. The lowest BCUT2D eigenvalue weighted by Crippen LogP contribution is -2.53. The van der Waals surface area contributed by atoms with E-state index in [1.807, 2.05) is 54.6 Å². The number of nitrogens with zero attached hydrogens (tertiary/aromatic N) is 3. The van der Waals surface area contributed by atoms with Crippen molar-refractivity contribution in [3.8, 4) is 5.75 Å². The smallest absolute Gasteiger partial charge is 0.265 e. The van der Waals surface area contributed by atoms with Gasteiger partial charge in [-0.1, -0.05) is 36.4 Å². The van der Waals surface area contributed by atoms with Gasteiger partial charge in [-0.05, 0) is 36.6 Å². The third-order valence-corrected chi connectivity index (χ3v) is 6.10. The lowest BCUT2D eigenvalue weighted by Gasteiger charge is -2.42. The van der Waals surface area contributed by atoms with E-state index in [1.54, 1.807) is 18.6 Å². The summed E-state index contributed by atoms with van der Waals surface area (Å²) in [4.78, 5) is 9.16. The number of nitrogens with two attached hydrogens (primary N) is 1. The first-order chi connectivity index (χ1) is 15.0. The van der Waals surface area contributed by atoms with Crippen LogP contribution in [0.4, 0.5) is 0 Å². The fourth-order valence-electron chi connectivity index (χ4n) is 4.35. The minimum atomic E-state index is -1.03. The summed E-state index contributed by atoms with van der Waals surface area (Å²) in [5, 5.41) is 19.7. The van der Waals surface area contributed by atoms with Gasteiger partial charge >= 0.3 is 0 Å². The molecule has 2 heterocycles. The largest absolute Gasteiger partial charge is 0.489 e. The normalized spacial score (nSPS) is 28.9. The third-order valence-electron chi connectivity index (χ3n) is 6.10. The van der Waals surface area contributed by atoms with Crippen LogP contribution in [0.5, 0.6) is 5.75 Å². The van der Waals surface area contributed by atoms with Crippen molar-refractivity contribution in [2.24, 2.45) is 21.7 Å². The first-order valence-corrected chi connectivity index (χ1v) is 10.3. The average molecular weight is 417 g/mol. The Morgan fingerprint density at radius 1 is 1.13 bits per heavy atom. The van der Waals surface area contributed by atoms with Crippen LogP contribution in [0.25, 0.3) is 0 Å². The second kappa shape index (κ2) is 7.55. The fraction of sp³-hybridized carbons (Fsp3) is 0.250. The topological polar surface area (TPSA) is 100 Å². The number of rotatable bonds is 6. The molecule has 0 bridgehead atoms. The molecule has 0 spiro atoms. The van der Waals surface area contributed by atoms with E-state index in [4.69, 9.17) is 15.6 Å². The van der Waals surface area contributed by atoms with E-state index in [0.717, 1.165) is 28.3 Å². The summed E-state index contributed by atoms with van der Waals surface area (Å²) in [5.74, 6) is 8.22. The van der Waals surface area contributed by atoms with Gasteiger partial charge in [0.25, 0.3) is 5.84 Å². The monoisotopic (exact) mass is 417 g/mol. The van der Waals surface area contributed by atoms with Crippen molar-refractivity contribution in [3.05, 3.63) is 89.5 Å². The Hall–Kier alpha value is -3.10. The van der Waals surface area contributed by atoms with Gasteiger partial charge in [-0.3, -0.25) is 4.99 Å². The molecule has 0 radical (unpaired) electrons. The van der Waals surface area contributed by atoms with Gasteiger partial charge in [-0.2, -0.15) is 10.8 Å². The van der Waals surface area contributed by atoms with Crippen molar-refractivity contribution in [2.75, 3.05) is 6.61 Å². The molecule has 1 atom stereocenters. The summed E-state index contributed by atoms with van der Waals surface area (Å²) < 4.78 is 5.91. The van der Waals surface area contributed by atoms with E-state index in [0.29, 0.717) is 25.3 Å². The van der Waals surface area contributed by atoms with Crippen LogP contribution < -0.4 is 10.6 Å². The van der Waals surface area contributed by atoms with Crippen LogP contribution in [0.1, 0.15) is 24.0 Å². The van der Waals surface area contributed by atoms with Crippen LogP contribution in [0, 0.1) is 5.92 Å². The number of quaternary nitrogens is 1. The van der Waals surface area contributed by atoms with E-state index in [2.05, 4.69) is 4.99 Å². The van der Waals surface area contributed by atoms with Gasteiger partial charge in [0.05, 0.1) is 30.2 Å². The van der Waals surface area contributed by atoms with Crippen LogP contribution >= 0.6 is 0 Å². The molecule has 1 fully saturated rings. The molecular weight excluding hydrogens is 392 g/mol. The van der Waals surface area contributed by atoms with E-state index >= 15 is 0 Å². The number of aliphatic hydroxyl groups is 2. The third kappa shape index (κ3) is 3.51. The molecule has 1 saturated carbocycles. The number of ether oxygens (including phenoxy) is 1. The standard InChI is InChI=1S/C24H25N4O3/c25-28-10-9-26-14-21(28)22(19-12-24(30,13-19)16-29)27-23(28)18-7-4-8-20(11-18)31-15-17-5-2-1-3-6-17/h1-11,14,19,29-30H,12-13,15-16,25H2/q+1. The maximum atomic E-state index is 10.3. The van der Waals surface area contributed by atoms with E-state index < -0.39 is 5.60 Å². The predicted molar refractivity (Wildman–Crippen MR) is 118 cm³/mol. The summed E-state index contributed by atoms with van der Waals surface area (Å²) in [6.07, 6.45) is 6.11. The maximum absolute atomic E-state index is 10.3. The maximum Gasteiger partial charge on any atom is 0.265 e. The van der Waals surface area contributed by atoms with Crippen molar-refractivity contribution in [2.45, 2.75) is 25.0 Å². The molecule has 7 nitrogen and oxygen atoms in total. The second-order valence-corrected chi connectivity index (χ2v) is 8.35. The Morgan fingerprint density at radius 2 is 1.94 bits per heavy atom. The zero-order valence-electron chi connectivity index (χ0n) is 17.1. The molecule has 158 valence electrons. The predicted octanol–water partition coefficient (Wildman–Crippen LogP) is 2.62. The van der Waals surface area contributed by atoms with Crippen LogP contribution in [-0.2, 0) is 6.61 Å². The summed E-state index contributed by atoms with van der Waals surface area (Å²) in [5.41, 5.74) is 2.53. The molecule has 0 amide bonds. The SMILES string of the molecule is N[N+]12C=CN=CC1=C(C1CC(O)(CO)C1)N=C2c1cccc(OCc2ccccc2)c1. The van der Waals surface area contributed by atoms with Crippen LogP contribution in [0.3, 0.4) is 0 Å². The van der Waals surface area contributed by atoms with E-state index in [1.165, 1.54) is 0 Å². The minimum absolute atomic E-state index is 0.0289. The second-order valence-electron chi connectivity index (χ2n) is 8.35. The lowest BCUT2D eigenvalue weighted by atomic mass is 9.69. The molecular formula is C24H25N4O3+. The fourth-order valence-corrected chi connectivity index (χ4v) is 4.35. The summed E-state index contributed by atoms with van der Waals surface area (Å²) in [7, 11) is 0. The van der Waals surface area contributed by atoms with Crippen molar-refractivity contribution < 1.29 is 19.5 Å². The Morgan fingerprint density at radius 3 is 2.71 bits per heavy atom. The van der Waals surface area contributed by atoms with Gasteiger partial charge in [0.15, 0.2) is 0 Å². The highest BCUT2D eigenvalue weighted by Gasteiger charge is 2.51. The number of hydrogen-bond donors (Lipinski definition) is 3. The van der Waals surface area contributed by atoms with Crippen LogP contribution in [-0.4, -0.2) is 39.1 Å². The van der Waals surface area contributed by atoms with Crippen molar-refractivity contribution >= 4 is 12.1 Å². The Balaban J connectivity index is 1.43. The Bertz CT molecular complexity index is 1120. The Labute approximate surface area is 180 Å². The molecule has 2 aliphatic heterocycles. The minimum Gasteiger partial charge on any atom is -0.489 e. The van der Waals surface area contributed by atoms with Crippen molar-refractivity contribution in [1.29, 1.82) is 0 Å². The van der Waals surface area contributed by atoms with Gasteiger partial charge < -0.3 is 14.9 Å². The quantitative estimate of drug-likeness (QED) is 0.497. The first-order valence-electron chi connectivity index (χ1n) is 10.3. The number of aliphatic hydroxyl groups excluding tert-OH is 1. The molecule has 0 saturated heterocycles. The molecule has 7 heteroatoms. The van der Waals surface area contributed by atoms with Gasteiger partial charge in [0.2, 0.25) is 5.70 Å². The van der Waals surface area contributed by atoms with Crippen molar-refractivity contribution in [3.63, 3.8) is 0 Å². The molecule has 31 heavy (non-hydrogen) atoms. The number of fused-ring (bicyclic) bond motifs is 1. The van der Waals surface area contributed by atoms with Crippen LogP contribution in [0.15, 0.2) is 88.4 Å². The van der Waals surface area contributed by atoms with Gasteiger partial charge in [-0.25, -0.2) is 0 Å². The van der Waals surface area contributed by atoms with Gasteiger partial charge in [0.1, 0.15) is 24.3 Å². The molecule has 4 N–H and O–H groups in total. The highest BCUT2D eigenvalue weighted by atomic mass is 16.5. The molecule has 3 aliphatic rings. The molecule has 5 rings (SSSR count). The number of amidine groups is 1. The zero-order valence-corrected chi connectivity index (χ0v) is 17.1. The Kier molecular flexibility index (Phi) is 4.83. The number of benzene rings is 2. The molecule has 1 unspecified atom stereocenters. The van der Waals surface area contributed by atoms with Gasteiger partial charge in [-0.15, -0.1) is 4.59 Å². The highest BCUT2D eigenvalue weighted by molar-refractivity contribution is 6.00. The summed E-state index contributed by atoms with van der Waals surface area (Å²) in [6.45, 7) is 0.225. The summed E-state index contributed by atoms with van der Waals surface area (Å²) >= 11 is 0. The van der Waals surface area contributed by atoms with E-state index in [9.17, 15) is 10.2 Å². The number of allylic oxidation sites excluding steroid dienone is 2. The first kappa shape index (κ1) is 19.8. The van der Waals surface area contributed by atoms with Gasteiger partial charge in [0, 0.05) is 5.92 Å². The molecule has 2 aromatic carbocycles. The lowest BCUT2D eigenvalue weighted by molar-refractivity contribution is -0.750. The van der Waals surface area contributed by atoms with Crippen LogP contribution in [0.2, 0.25) is 0 Å². The zero-order chi connectivity index (χ0) is 21.5. The molecule has 2 aromatic rings. The average Bonchev–Trinajstić information content (AvgIpc) is 3.09. The van der Waals surface area contributed by atoms with Crippen molar-refractivity contribution in [1.82, 2.24) is 0 Å². The van der Waals surface area contributed by atoms with E-state index in [-0.39, 0.29) is 17.1 Å². The highest BCUT2D eigenvalue weighted by Crippen LogP contribution is 2.46.